The molecule has 0 radical (unpaired) electrons. The van der Waals surface area contributed by atoms with Crippen LogP contribution in [0.25, 0.3) is 11.0 Å². The average molecular weight is 285 g/mol. The summed E-state index contributed by atoms with van der Waals surface area (Å²) in [6.45, 7) is 2.09. The summed E-state index contributed by atoms with van der Waals surface area (Å²) in [6.07, 6.45) is 2.80. The Balaban J connectivity index is 1.79. The number of pyridine rings is 1. The molecule has 0 spiro atoms. The molecule has 0 aliphatic rings. The fourth-order valence-corrected chi connectivity index (χ4v) is 2.99. The van der Waals surface area contributed by atoms with Crippen molar-refractivity contribution in [1.82, 2.24) is 15.0 Å². The molecule has 0 bridgehead atoms. The van der Waals surface area contributed by atoms with Crippen LogP contribution in [0.4, 0.5) is 0 Å². The lowest BCUT2D eigenvalue weighted by atomic mass is 10.2. The molecule has 20 heavy (non-hydrogen) atoms. The zero-order valence-corrected chi connectivity index (χ0v) is 12.0. The summed E-state index contributed by atoms with van der Waals surface area (Å²) < 4.78 is 12.3. The number of para-hydroxylation sites is 2. The van der Waals surface area contributed by atoms with Gasteiger partial charge in [0.05, 0.1) is 16.7 Å². The van der Waals surface area contributed by atoms with E-state index in [1.54, 1.807) is 0 Å². The molecule has 1 aromatic carbocycles. The van der Waals surface area contributed by atoms with Crippen LogP contribution in [-0.4, -0.2) is 19.5 Å². The highest BCUT2D eigenvalue weighted by molar-refractivity contribution is 7.90. The lowest BCUT2D eigenvalue weighted by molar-refractivity contribution is 0.587. The summed E-state index contributed by atoms with van der Waals surface area (Å²) in [7, 11) is 0. The molecule has 0 aliphatic heterocycles. The van der Waals surface area contributed by atoms with Crippen LogP contribution in [0.1, 0.15) is 18.2 Å². The third-order valence-electron chi connectivity index (χ3n) is 3.16. The molecule has 0 aliphatic carbocycles. The van der Waals surface area contributed by atoms with Gasteiger partial charge in [0, 0.05) is 17.4 Å². The number of aromatic nitrogens is 3. The zero-order chi connectivity index (χ0) is 13.9. The van der Waals surface area contributed by atoms with Crippen LogP contribution < -0.4 is 0 Å². The second-order valence-electron chi connectivity index (χ2n) is 4.56. The van der Waals surface area contributed by atoms with Crippen LogP contribution in [0, 0.1) is 0 Å². The van der Waals surface area contributed by atoms with Gasteiger partial charge in [0.2, 0.25) is 0 Å². The molecule has 3 aromatic rings. The molecule has 4 nitrogen and oxygen atoms in total. The topological polar surface area (TPSA) is 64.6 Å². The lowest BCUT2D eigenvalue weighted by Gasteiger charge is -2.06. The van der Waals surface area contributed by atoms with Crippen molar-refractivity contribution < 1.29 is 4.55 Å². The van der Waals surface area contributed by atoms with Gasteiger partial charge in [0.25, 0.3) is 0 Å². The number of fused-ring (bicyclic) bond motifs is 1. The summed E-state index contributed by atoms with van der Waals surface area (Å²) in [5.74, 6) is 0.379. The Morgan fingerprint density at radius 2 is 2.05 bits per heavy atom. The largest absolute Gasteiger partial charge is 0.609 e. The highest BCUT2D eigenvalue weighted by Gasteiger charge is 2.17. The minimum absolute atomic E-state index is 0.379. The SMILES string of the molecule is CCc1ccc(C[S+]([O-])c2nc3ccccc3[nH]2)nc1. The van der Waals surface area contributed by atoms with E-state index in [-0.39, 0.29) is 0 Å². The monoisotopic (exact) mass is 285 g/mol. The first-order valence-corrected chi connectivity index (χ1v) is 7.85. The van der Waals surface area contributed by atoms with E-state index in [0.29, 0.717) is 10.9 Å². The summed E-state index contributed by atoms with van der Waals surface area (Å²) >= 11 is -1.20. The second kappa shape index (κ2) is 5.64. The van der Waals surface area contributed by atoms with Gasteiger partial charge in [-0.25, -0.2) is 0 Å². The van der Waals surface area contributed by atoms with Crippen molar-refractivity contribution in [3.63, 3.8) is 0 Å². The number of hydrogen-bond donors (Lipinski definition) is 1. The van der Waals surface area contributed by atoms with E-state index in [2.05, 4.69) is 21.9 Å². The van der Waals surface area contributed by atoms with Gasteiger partial charge in [-0.05, 0) is 30.2 Å². The van der Waals surface area contributed by atoms with Gasteiger partial charge in [-0.2, -0.15) is 4.98 Å². The number of hydrogen-bond acceptors (Lipinski definition) is 3. The Labute approximate surface area is 120 Å². The van der Waals surface area contributed by atoms with E-state index in [1.807, 2.05) is 42.6 Å². The molecule has 1 unspecified atom stereocenters. The minimum Gasteiger partial charge on any atom is -0.609 e. The van der Waals surface area contributed by atoms with E-state index in [4.69, 9.17) is 0 Å². The van der Waals surface area contributed by atoms with Gasteiger partial charge in [0.15, 0.2) is 5.75 Å². The first-order chi connectivity index (χ1) is 9.76. The van der Waals surface area contributed by atoms with E-state index < -0.39 is 11.2 Å². The quantitative estimate of drug-likeness (QED) is 0.750. The summed E-state index contributed by atoms with van der Waals surface area (Å²) in [5.41, 5.74) is 3.75. The number of aromatic amines is 1. The third-order valence-corrected chi connectivity index (χ3v) is 4.34. The predicted octanol–water partition coefficient (Wildman–Crippen LogP) is 2.83. The van der Waals surface area contributed by atoms with E-state index in [1.165, 1.54) is 5.56 Å². The number of rotatable bonds is 4. The number of H-pyrrole nitrogens is 1. The third kappa shape index (κ3) is 2.69. The van der Waals surface area contributed by atoms with Crippen LogP contribution in [-0.2, 0) is 23.3 Å². The minimum atomic E-state index is -1.20. The highest BCUT2D eigenvalue weighted by atomic mass is 32.2. The first-order valence-electron chi connectivity index (χ1n) is 6.53. The molecule has 0 fully saturated rings. The van der Waals surface area contributed by atoms with Crippen LogP contribution >= 0.6 is 0 Å². The molecule has 0 amide bonds. The Bertz CT molecular complexity index is 675. The van der Waals surface area contributed by atoms with Gasteiger partial charge in [-0.1, -0.05) is 25.1 Å². The number of nitrogens with zero attached hydrogens (tertiary/aromatic N) is 2. The number of nitrogens with one attached hydrogen (secondary N) is 1. The maximum Gasteiger partial charge on any atom is 0.322 e. The highest BCUT2D eigenvalue weighted by Crippen LogP contribution is 2.17. The van der Waals surface area contributed by atoms with Crippen LogP contribution in [0.2, 0.25) is 0 Å². The Morgan fingerprint density at radius 1 is 1.20 bits per heavy atom. The van der Waals surface area contributed by atoms with E-state index in [9.17, 15) is 4.55 Å². The predicted molar refractivity (Wildman–Crippen MR) is 79.8 cm³/mol. The Kier molecular flexibility index (Phi) is 3.71. The molecule has 5 heteroatoms. The van der Waals surface area contributed by atoms with Crippen molar-refractivity contribution in [2.24, 2.45) is 0 Å². The normalized spacial score (nSPS) is 12.7. The summed E-state index contributed by atoms with van der Waals surface area (Å²) in [6, 6.07) is 11.6. The first kappa shape index (κ1) is 13.1. The van der Waals surface area contributed by atoms with Crippen molar-refractivity contribution >= 4 is 22.2 Å². The van der Waals surface area contributed by atoms with Gasteiger partial charge in [0.1, 0.15) is 0 Å². The zero-order valence-electron chi connectivity index (χ0n) is 11.2. The fourth-order valence-electron chi connectivity index (χ4n) is 1.99. The van der Waals surface area contributed by atoms with Gasteiger partial charge in [-0.3, -0.25) is 9.97 Å². The van der Waals surface area contributed by atoms with Crippen molar-refractivity contribution in [3.8, 4) is 0 Å². The maximum absolute atomic E-state index is 12.3. The second-order valence-corrected chi connectivity index (χ2v) is 5.93. The number of aryl methyl sites for hydroxylation is 1. The van der Waals surface area contributed by atoms with E-state index in [0.717, 1.165) is 23.1 Å². The fraction of sp³-hybridized carbons (Fsp3) is 0.200. The molecule has 0 saturated heterocycles. The average Bonchev–Trinajstić information content (AvgIpc) is 2.92. The van der Waals surface area contributed by atoms with Crippen molar-refractivity contribution in [1.29, 1.82) is 0 Å². The standard InChI is InChI=1S/C15H15N3OS/c1-2-11-7-8-12(16-9-11)10-20(19)15-17-13-5-3-4-6-14(13)18-15/h3-9H,2,10H2,1H3,(H,17,18). The lowest BCUT2D eigenvalue weighted by Crippen LogP contribution is -2.08. The smallest absolute Gasteiger partial charge is 0.322 e. The Hall–Kier alpha value is -1.85. The van der Waals surface area contributed by atoms with Crippen molar-refractivity contribution in [2.75, 3.05) is 0 Å². The molecular weight excluding hydrogens is 270 g/mol. The molecule has 0 saturated carbocycles. The Morgan fingerprint density at radius 3 is 2.75 bits per heavy atom. The van der Waals surface area contributed by atoms with Gasteiger partial charge in [-0.15, -0.1) is 0 Å². The molecule has 3 rings (SSSR count). The van der Waals surface area contributed by atoms with Crippen molar-refractivity contribution in [2.45, 2.75) is 24.3 Å². The van der Waals surface area contributed by atoms with Gasteiger partial charge >= 0.3 is 5.16 Å². The maximum atomic E-state index is 12.3. The van der Waals surface area contributed by atoms with Crippen LogP contribution in [0.3, 0.4) is 0 Å². The molecule has 2 aromatic heterocycles. The number of benzene rings is 1. The summed E-state index contributed by atoms with van der Waals surface area (Å²) in [5, 5.41) is 0.507. The van der Waals surface area contributed by atoms with Gasteiger partial charge < -0.3 is 4.55 Å². The van der Waals surface area contributed by atoms with E-state index >= 15 is 0 Å². The van der Waals surface area contributed by atoms with Crippen LogP contribution in [0.5, 0.6) is 0 Å². The molecule has 1 atom stereocenters. The molecule has 2 heterocycles. The number of imidazole rings is 1. The molecular formula is C15H15N3OS. The van der Waals surface area contributed by atoms with Crippen molar-refractivity contribution in [3.05, 3.63) is 53.9 Å². The molecule has 102 valence electrons. The van der Waals surface area contributed by atoms with Crippen LogP contribution in [0.15, 0.2) is 47.8 Å². The molecule has 1 N–H and O–H groups in total. The summed E-state index contributed by atoms with van der Waals surface area (Å²) in [4.78, 5) is 11.8.